The van der Waals surface area contributed by atoms with Crippen LogP contribution in [0.5, 0.6) is 0 Å². The highest BCUT2D eigenvalue weighted by Crippen LogP contribution is 2.32. The highest BCUT2D eigenvalue weighted by Gasteiger charge is 2.24. The third-order valence-corrected chi connectivity index (χ3v) is 6.19. The van der Waals surface area contributed by atoms with Crippen LogP contribution in [0.1, 0.15) is 27.6 Å². The number of anilines is 1. The zero-order valence-corrected chi connectivity index (χ0v) is 19.0. The summed E-state index contributed by atoms with van der Waals surface area (Å²) in [6, 6.07) is 8.38. The van der Waals surface area contributed by atoms with Gasteiger partial charge < -0.3 is 4.74 Å². The number of fused-ring (bicyclic) bond motifs is 1. The number of rotatable bonds is 6. The maximum Gasteiger partial charge on any atom is 0.260 e. The van der Waals surface area contributed by atoms with Gasteiger partial charge in [0.25, 0.3) is 5.91 Å². The Morgan fingerprint density at radius 2 is 1.78 bits per heavy atom. The van der Waals surface area contributed by atoms with Crippen molar-refractivity contribution >= 4 is 50.8 Å². The molecule has 10 heteroatoms. The zero-order valence-electron chi connectivity index (χ0n) is 17.3. The zero-order chi connectivity index (χ0) is 22.0. The number of Topliss-reactive ketones (excluding diaryl/α,β-unsaturated/α-hetero) is 1. The highest BCUT2D eigenvalue weighted by atomic mass is 35.5. The second kappa shape index (κ2) is 10.4. The minimum Gasteiger partial charge on any atom is -0.379 e. The molecule has 3 aromatic rings. The Labute approximate surface area is 194 Å². The van der Waals surface area contributed by atoms with Crippen molar-refractivity contribution in [1.29, 1.82) is 0 Å². The van der Waals surface area contributed by atoms with Gasteiger partial charge in [-0.05, 0) is 25.1 Å². The molecule has 2 heterocycles. The summed E-state index contributed by atoms with van der Waals surface area (Å²) in [5.74, 6) is -1.86. The van der Waals surface area contributed by atoms with Gasteiger partial charge in [0.2, 0.25) is 0 Å². The third kappa shape index (κ3) is 5.29. The topological polar surface area (TPSA) is 62.7 Å². The largest absolute Gasteiger partial charge is 0.379 e. The van der Waals surface area contributed by atoms with Crippen LogP contribution in [-0.4, -0.2) is 61.0 Å². The van der Waals surface area contributed by atoms with Gasteiger partial charge in [-0.2, -0.15) is 0 Å². The molecular weight excluding hydrogens is 460 g/mol. The molecule has 2 aromatic carbocycles. The van der Waals surface area contributed by atoms with E-state index in [2.05, 4.69) is 9.88 Å². The van der Waals surface area contributed by atoms with Gasteiger partial charge in [-0.3, -0.25) is 19.4 Å². The van der Waals surface area contributed by atoms with Gasteiger partial charge in [0.15, 0.2) is 16.7 Å². The van der Waals surface area contributed by atoms with E-state index in [1.807, 2.05) is 0 Å². The molecule has 0 atom stereocenters. The predicted octanol–water partition coefficient (Wildman–Crippen LogP) is 4.18. The lowest BCUT2D eigenvalue weighted by Crippen LogP contribution is -2.43. The van der Waals surface area contributed by atoms with E-state index in [1.165, 1.54) is 17.9 Å². The number of ether oxygens (including phenoxy) is 1. The summed E-state index contributed by atoms with van der Waals surface area (Å²) in [6.07, 6.45) is 0. The van der Waals surface area contributed by atoms with Gasteiger partial charge in [-0.15, -0.1) is 12.4 Å². The molecule has 0 unspecified atom stereocenters. The van der Waals surface area contributed by atoms with Crippen LogP contribution in [0.15, 0.2) is 36.4 Å². The van der Waals surface area contributed by atoms with Crippen LogP contribution < -0.4 is 4.90 Å². The van der Waals surface area contributed by atoms with Crippen LogP contribution in [0.25, 0.3) is 10.2 Å². The molecule has 0 radical (unpaired) electrons. The van der Waals surface area contributed by atoms with Crippen LogP contribution in [-0.2, 0) is 4.74 Å². The summed E-state index contributed by atoms with van der Waals surface area (Å²) in [7, 11) is 0. The summed E-state index contributed by atoms with van der Waals surface area (Å²) in [4.78, 5) is 32.8. The molecule has 0 saturated carbocycles. The Bertz CT molecular complexity index is 1120. The first-order valence-corrected chi connectivity index (χ1v) is 10.7. The van der Waals surface area contributed by atoms with Crippen molar-refractivity contribution in [1.82, 2.24) is 9.88 Å². The Hall–Kier alpha value is -2.46. The van der Waals surface area contributed by atoms with Crippen LogP contribution in [0.3, 0.4) is 0 Å². The van der Waals surface area contributed by atoms with E-state index < -0.39 is 11.6 Å². The summed E-state index contributed by atoms with van der Waals surface area (Å²) >= 11 is 1.07. The van der Waals surface area contributed by atoms with Crippen molar-refractivity contribution in [2.45, 2.75) is 6.92 Å². The van der Waals surface area contributed by atoms with Crippen LogP contribution in [0.4, 0.5) is 13.9 Å². The molecule has 0 spiro atoms. The van der Waals surface area contributed by atoms with Crippen molar-refractivity contribution in [3.8, 4) is 0 Å². The quantitative estimate of drug-likeness (QED) is 0.494. The van der Waals surface area contributed by atoms with Crippen molar-refractivity contribution in [2.75, 3.05) is 44.3 Å². The first kappa shape index (κ1) is 24.2. The lowest BCUT2D eigenvalue weighted by molar-refractivity contribution is 0.0391. The Balaban J connectivity index is 0.00000289. The first-order chi connectivity index (χ1) is 14.9. The highest BCUT2D eigenvalue weighted by molar-refractivity contribution is 7.22. The maximum atomic E-state index is 14.2. The molecule has 4 rings (SSSR count). The summed E-state index contributed by atoms with van der Waals surface area (Å²) < 4.78 is 33.5. The molecule has 0 bridgehead atoms. The number of amides is 1. The molecule has 170 valence electrons. The first-order valence-electron chi connectivity index (χ1n) is 9.91. The number of thiazole rings is 1. The van der Waals surface area contributed by atoms with E-state index in [-0.39, 0.29) is 29.6 Å². The van der Waals surface area contributed by atoms with Crippen LogP contribution in [0, 0.1) is 11.6 Å². The number of hydrogen-bond donors (Lipinski definition) is 0. The minimum atomic E-state index is -0.760. The molecule has 0 N–H and O–H groups in total. The second-order valence-electron chi connectivity index (χ2n) is 7.28. The van der Waals surface area contributed by atoms with Crippen molar-refractivity contribution in [3.63, 3.8) is 0 Å². The monoisotopic (exact) mass is 481 g/mol. The number of hydrogen-bond acceptors (Lipinski definition) is 6. The number of morpholine rings is 1. The molecule has 32 heavy (non-hydrogen) atoms. The summed E-state index contributed by atoms with van der Waals surface area (Å²) in [5.41, 5.74) is 0.935. The molecular formula is C22H22ClF2N3O3S. The number of carbonyl (C=O) groups is 2. The summed E-state index contributed by atoms with van der Waals surface area (Å²) in [6.45, 7) is 5.16. The van der Waals surface area contributed by atoms with Gasteiger partial charge >= 0.3 is 0 Å². The number of benzene rings is 2. The molecule has 0 aliphatic carbocycles. The van der Waals surface area contributed by atoms with E-state index >= 15 is 0 Å². The van der Waals surface area contributed by atoms with E-state index in [0.717, 1.165) is 30.5 Å². The average Bonchev–Trinajstić information content (AvgIpc) is 3.18. The standard InChI is InChI=1S/C22H21F2N3O3S.ClH/c1-14(28)15-2-4-16(5-3-15)21(29)27(7-6-26-8-10-30-11-9-26)22-25-20-18(24)12-17(23)13-19(20)31-22;/h2-5,12-13H,6-11H2,1H3;1H. The van der Waals surface area contributed by atoms with Gasteiger partial charge in [0.1, 0.15) is 11.3 Å². The molecule has 1 saturated heterocycles. The number of carbonyl (C=O) groups excluding carboxylic acids is 2. The Morgan fingerprint density at radius 3 is 2.44 bits per heavy atom. The van der Waals surface area contributed by atoms with Gasteiger partial charge in [-0.25, -0.2) is 13.8 Å². The predicted molar refractivity (Wildman–Crippen MR) is 122 cm³/mol. The fourth-order valence-electron chi connectivity index (χ4n) is 3.41. The lowest BCUT2D eigenvalue weighted by Gasteiger charge is -2.29. The molecule has 1 aliphatic rings. The van der Waals surface area contributed by atoms with Gasteiger partial charge in [-0.1, -0.05) is 23.5 Å². The fraction of sp³-hybridized carbons (Fsp3) is 0.318. The number of halogens is 3. The average molecular weight is 482 g/mol. The molecule has 1 fully saturated rings. The molecule has 1 aromatic heterocycles. The second-order valence-corrected chi connectivity index (χ2v) is 8.28. The van der Waals surface area contributed by atoms with Gasteiger partial charge in [0.05, 0.1) is 17.9 Å². The summed E-state index contributed by atoms with van der Waals surface area (Å²) in [5, 5.41) is 0.299. The van der Waals surface area contributed by atoms with E-state index in [9.17, 15) is 18.4 Å². The van der Waals surface area contributed by atoms with Crippen molar-refractivity contribution in [2.24, 2.45) is 0 Å². The Morgan fingerprint density at radius 1 is 1.12 bits per heavy atom. The number of ketones is 1. The normalized spacial score (nSPS) is 14.2. The third-order valence-electron chi connectivity index (χ3n) is 5.16. The maximum absolute atomic E-state index is 14.2. The Kier molecular flexibility index (Phi) is 7.89. The fourth-order valence-corrected chi connectivity index (χ4v) is 4.44. The number of aromatic nitrogens is 1. The molecule has 1 aliphatic heterocycles. The number of nitrogens with zero attached hydrogens (tertiary/aromatic N) is 3. The SMILES string of the molecule is CC(=O)c1ccc(C(=O)N(CCN2CCOCC2)c2nc3c(F)cc(F)cc3s2)cc1.Cl. The molecule has 6 nitrogen and oxygen atoms in total. The van der Waals surface area contributed by atoms with Crippen molar-refractivity contribution < 1.29 is 23.1 Å². The smallest absolute Gasteiger partial charge is 0.260 e. The van der Waals surface area contributed by atoms with E-state index in [0.29, 0.717) is 47.3 Å². The minimum absolute atomic E-state index is 0. The lowest BCUT2D eigenvalue weighted by atomic mass is 10.1. The van der Waals surface area contributed by atoms with E-state index in [1.54, 1.807) is 24.3 Å². The van der Waals surface area contributed by atoms with Crippen molar-refractivity contribution in [3.05, 3.63) is 59.2 Å². The van der Waals surface area contributed by atoms with Crippen LogP contribution in [0.2, 0.25) is 0 Å². The van der Waals surface area contributed by atoms with Crippen LogP contribution >= 0.6 is 23.7 Å². The van der Waals surface area contributed by atoms with Gasteiger partial charge in [0, 0.05) is 43.4 Å². The molecule has 1 amide bonds. The van der Waals surface area contributed by atoms with E-state index in [4.69, 9.17) is 4.74 Å².